The van der Waals surface area contributed by atoms with E-state index in [1.54, 1.807) is 0 Å². The molecule has 138 valence electrons. The maximum atomic E-state index is 11.7. The standard InChI is InChI=1S/C23H30O2Si/c1-22(2,3)26(4,5)25-20-16-21(18-12-8-6-9-13-18)23(24,17-20)19-14-10-7-11-15-19/h6-16,20,24H,17H2,1-5H3/t20-,23+/m0/s1. The number of benzene rings is 2. The summed E-state index contributed by atoms with van der Waals surface area (Å²) in [6.07, 6.45) is 2.63. The Morgan fingerprint density at radius 3 is 2.04 bits per heavy atom. The zero-order valence-electron chi connectivity index (χ0n) is 16.5. The molecule has 1 aliphatic carbocycles. The summed E-state index contributed by atoms with van der Waals surface area (Å²) >= 11 is 0. The van der Waals surface area contributed by atoms with Gasteiger partial charge in [-0.3, -0.25) is 0 Å². The molecule has 0 radical (unpaired) electrons. The third kappa shape index (κ3) is 3.57. The average Bonchev–Trinajstić information content (AvgIpc) is 2.92. The van der Waals surface area contributed by atoms with Crippen molar-refractivity contribution in [2.24, 2.45) is 0 Å². The van der Waals surface area contributed by atoms with Crippen LogP contribution in [-0.2, 0) is 10.0 Å². The highest BCUT2D eigenvalue weighted by molar-refractivity contribution is 6.74. The fourth-order valence-electron chi connectivity index (χ4n) is 3.35. The quantitative estimate of drug-likeness (QED) is 0.698. The molecule has 1 aliphatic rings. The summed E-state index contributed by atoms with van der Waals surface area (Å²) in [5.74, 6) is 0. The predicted octanol–water partition coefficient (Wildman–Crippen LogP) is 5.75. The summed E-state index contributed by atoms with van der Waals surface area (Å²) in [6, 6.07) is 20.1. The van der Waals surface area contributed by atoms with Crippen LogP contribution < -0.4 is 0 Å². The second-order valence-electron chi connectivity index (χ2n) is 8.79. The summed E-state index contributed by atoms with van der Waals surface area (Å²) < 4.78 is 6.63. The minimum atomic E-state index is -1.92. The lowest BCUT2D eigenvalue weighted by atomic mass is 9.84. The van der Waals surface area contributed by atoms with Crippen LogP contribution in [0.4, 0.5) is 0 Å². The van der Waals surface area contributed by atoms with Crippen LogP contribution in [0.5, 0.6) is 0 Å². The van der Waals surface area contributed by atoms with E-state index in [2.05, 4.69) is 52.1 Å². The van der Waals surface area contributed by atoms with Crippen LogP contribution in [0.1, 0.15) is 38.3 Å². The van der Waals surface area contributed by atoms with E-state index < -0.39 is 13.9 Å². The van der Waals surface area contributed by atoms with Crippen LogP contribution in [0.3, 0.4) is 0 Å². The van der Waals surface area contributed by atoms with Crippen molar-refractivity contribution in [3.05, 3.63) is 77.9 Å². The van der Waals surface area contributed by atoms with Gasteiger partial charge >= 0.3 is 0 Å². The molecule has 2 aromatic carbocycles. The zero-order valence-corrected chi connectivity index (χ0v) is 17.5. The molecule has 2 nitrogen and oxygen atoms in total. The molecule has 0 aromatic heterocycles. The molecule has 2 atom stereocenters. The van der Waals surface area contributed by atoms with E-state index in [1.165, 1.54) is 0 Å². The summed E-state index contributed by atoms with van der Waals surface area (Å²) in [4.78, 5) is 0. The Morgan fingerprint density at radius 1 is 0.962 bits per heavy atom. The van der Waals surface area contributed by atoms with E-state index in [0.717, 1.165) is 16.7 Å². The van der Waals surface area contributed by atoms with Crippen molar-refractivity contribution in [1.29, 1.82) is 0 Å². The van der Waals surface area contributed by atoms with Crippen molar-refractivity contribution in [2.45, 2.75) is 57.0 Å². The van der Waals surface area contributed by atoms with Crippen molar-refractivity contribution >= 4 is 13.9 Å². The van der Waals surface area contributed by atoms with Gasteiger partial charge in [0.2, 0.25) is 0 Å². The molecule has 0 heterocycles. The largest absolute Gasteiger partial charge is 0.410 e. The van der Waals surface area contributed by atoms with E-state index in [1.807, 2.05) is 48.5 Å². The lowest BCUT2D eigenvalue weighted by Crippen LogP contribution is -2.43. The first-order valence-corrected chi connectivity index (χ1v) is 12.3. The molecule has 0 unspecified atom stereocenters. The third-order valence-corrected chi connectivity index (χ3v) is 10.4. The first-order valence-electron chi connectivity index (χ1n) is 9.37. The topological polar surface area (TPSA) is 29.5 Å². The first-order chi connectivity index (χ1) is 12.1. The van der Waals surface area contributed by atoms with E-state index in [9.17, 15) is 5.11 Å². The fourth-order valence-corrected chi connectivity index (χ4v) is 4.62. The molecule has 0 amide bonds. The van der Waals surface area contributed by atoms with E-state index in [-0.39, 0.29) is 11.1 Å². The first kappa shape index (κ1) is 19.1. The van der Waals surface area contributed by atoms with E-state index >= 15 is 0 Å². The summed E-state index contributed by atoms with van der Waals surface area (Å²) in [5, 5.41) is 11.9. The number of aliphatic hydroxyl groups is 1. The molecular weight excluding hydrogens is 336 g/mol. The maximum absolute atomic E-state index is 11.7. The highest BCUT2D eigenvalue weighted by Gasteiger charge is 2.46. The van der Waals surface area contributed by atoms with Gasteiger partial charge in [0, 0.05) is 6.42 Å². The van der Waals surface area contributed by atoms with Gasteiger partial charge in [-0.25, -0.2) is 0 Å². The molecule has 0 aliphatic heterocycles. The molecule has 0 saturated heterocycles. The minimum absolute atomic E-state index is 0.0729. The van der Waals surface area contributed by atoms with Crippen molar-refractivity contribution in [2.75, 3.05) is 0 Å². The molecule has 26 heavy (non-hydrogen) atoms. The number of hydrogen-bond acceptors (Lipinski definition) is 2. The van der Waals surface area contributed by atoms with Crippen molar-refractivity contribution in [1.82, 2.24) is 0 Å². The Hall–Kier alpha value is -1.68. The maximum Gasteiger partial charge on any atom is 0.192 e. The molecule has 0 saturated carbocycles. The summed E-state index contributed by atoms with van der Waals surface area (Å²) in [6.45, 7) is 11.3. The summed E-state index contributed by atoms with van der Waals surface area (Å²) in [5.41, 5.74) is 1.92. The molecular formula is C23H30O2Si. The van der Waals surface area contributed by atoms with Crippen LogP contribution in [-0.4, -0.2) is 19.5 Å². The lowest BCUT2D eigenvalue weighted by molar-refractivity contribution is 0.0657. The molecule has 3 rings (SSSR count). The van der Waals surface area contributed by atoms with Gasteiger partial charge in [0.05, 0.1) is 6.10 Å². The molecule has 0 fully saturated rings. The van der Waals surface area contributed by atoms with E-state index in [0.29, 0.717) is 6.42 Å². The Bertz CT molecular complexity index is 775. The number of rotatable bonds is 4. The van der Waals surface area contributed by atoms with Crippen molar-refractivity contribution in [3.8, 4) is 0 Å². The number of hydrogen-bond donors (Lipinski definition) is 1. The van der Waals surface area contributed by atoms with Crippen LogP contribution in [0.25, 0.3) is 5.57 Å². The van der Waals surface area contributed by atoms with Crippen molar-refractivity contribution < 1.29 is 9.53 Å². The second kappa shape index (κ2) is 6.80. The second-order valence-corrected chi connectivity index (χ2v) is 13.5. The monoisotopic (exact) mass is 366 g/mol. The molecule has 0 bridgehead atoms. The van der Waals surface area contributed by atoms with Crippen molar-refractivity contribution in [3.63, 3.8) is 0 Å². The van der Waals surface area contributed by atoms with Gasteiger partial charge < -0.3 is 9.53 Å². The molecule has 2 aromatic rings. The molecule has 1 N–H and O–H groups in total. The van der Waals surface area contributed by atoms with E-state index in [4.69, 9.17) is 4.43 Å². The van der Waals surface area contributed by atoms with Gasteiger partial charge in [0.25, 0.3) is 0 Å². The Labute approximate surface area is 158 Å². The van der Waals surface area contributed by atoms with Gasteiger partial charge in [-0.15, -0.1) is 0 Å². The highest BCUT2D eigenvalue weighted by Crippen LogP contribution is 2.48. The van der Waals surface area contributed by atoms with Crippen LogP contribution in [0.2, 0.25) is 18.1 Å². The Morgan fingerprint density at radius 2 is 1.50 bits per heavy atom. The van der Waals surface area contributed by atoms with Crippen LogP contribution in [0.15, 0.2) is 66.7 Å². The van der Waals surface area contributed by atoms with Gasteiger partial charge in [-0.2, -0.15) is 0 Å². The average molecular weight is 367 g/mol. The van der Waals surface area contributed by atoms with Gasteiger partial charge in [-0.1, -0.05) is 81.4 Å². The normalized spacial score (nSPS) is 23.8. The minimum Gasteiger partial charge on any atom is -0.410 e. The Balaban J connectivity index is 2.00. The van der Waals surface area contributed by atoms with Crippen LogP contribution >= 0.6 is 0 Å². The van der Waals surface area contributed by atoms with Gasteiger partial charge in [-0.05, 0) is 40.9 Å². The highest BCUT2D eigenvalue weighted by atomic mass is 28.4. The smallest absolute Gasteiger partial charge is 0.192 e. The summed E-state index contributed by atoms with van der Waals surface area (Å²) in [7, 11) is -1.92. The SMILES string of the molecule is CC(C)(C)[Si](C)(C)O[C@H]1C=C(c2ccccc2)[C@](O)(c2ccccc2)C1. The van der Waals surface area contributed by atoms with Gasteiger partial charge in [0.1, 0.15) is 5.60 Å². The zero-order chi connectivity index (χ0) is 19.0. The third-order valence-electron chi connectivity index (χ3n) is 5.88. The predicted molar refractivity (Wildman–Crippen MR) is 111 cm³/mol. The molecule has 0 spiro atoms. The molecule has 3 heteroatoms. The Kier molecular flexibility index (Phi) is 4.99. The van der Waals surface area contributed by atoms with Gasteiger partial charge in [0.15, 0.2) is 8.32 Å². The fraction of sp³-hybridized carbons (Fsp3) is 0.391. The lowest BCUT2D eigenvalue weighted by Gasteiger charge is -2.38. The van der Waals surface area contributed by atoms with Crippen LogP contribution in [0, 0.1) is 0 Å².